The van der Waals surface area contributed by atoms with Gasteiger partial charge in [0.1, 0.15) is 45.3 Å². The van der Waals surface area contributed by atoms with Crippen molar-refractivity contribution in [3.8, 4) is 40.2 Å². The number of halogens is 25. The van der Waals surface area contributed by atoms with Crippen molar-refractivity contribution in [1.82, 2.24) is 0 Å². The van der Waals surface area contributed by atoms with Crippen LogP contribution in [0.4, 0.5) is 70.2 Å². The summed E-state index contributed by atoms with van der Waals surface area (Å²) in [5.41, 5.74) is -7.91. The minimum absolute atomic E-state index is 0.0325. The SMILES string of the molecule is CC(Br)C(=O)Oc1c(F)c(F)c(C(=O)[O-])c(F)c1F.CC(Br)C(=O)Oc1ccc(C(=O)[O-])c(Cl)c1.CC(Br)C(=O)Oc1ccc(C(=O)[O-])c(F)c1F.CC(C)(Br)C(=O)Oc1c(F)c(F)c(C(=O)[O-])c(F)c1F.CC(C)(Br)C(=O)Oc1ccc(C(=O)[O-])c(F)c1F.O=C(CBr)Oc1c(F)c(F)c(C(=O)[O-])c(F)c1F.O=C(CBr)Oc1ccc(C(=O)[O-])c(Cl)c1. The molecule has 668 valence electrons. The largest absolute Gasteiger partial charge is 0.545 e. The van der Waals surface area contributed by atoms with Crippen LogP contribution < -0.4 is 68.9 Å². The molecule has 3 unspecified atom stereocenters. The average molecular weight is 2260 g/mol. The zero-order valence-electron chi connectivity index (χ0n) is 60.8. The van der Waals surface area contributed by atoms with Gasteiger partial charge < -0.3 is 102 Å². The molecule has 7 aromatic rings. The highest BCUT2D eigenvalue weighted by Crippen LogP contribution is 2.36. The normalized spacial score (nSPS) is 11.3. The van der Waals surface area contributed by atoms with E-state index < -0.39 is 262 Å². The molecule has 0 aromatic heterocycles. The molecule has 0 radical (unpaired) electrons. The summed E-state index contributed by atoms with van der Waals surface area (Å²) in [4.78, 5) is 149. The van der Waals surface area contributed by atoms with Gasteiger partial charge in [-0.3, -0.25) is 33.6 Å². The Hall–Kier alpha value is -10.1. The zero-order valence-corrected chi connectivity index (χ0v) is 73.4. The van der Waals surface area contributed by atoms with Crippen molar-refractivity contribution in [1.29, 1.82) is 0 Å². The predicted octanol–water partition coefficient (Wildman–Crippen LogP) is 8.71. The van der Waals surface area contributed by atoms with Gasteiger partial charge in [0, 0.05) is 34.4 Å². The number of hydrogen-bond donors (Lipinski definition) is 0. The first-order valence-corrected chi connectivity index (χ1v) is 38.3. The molecule has 28 nitrogen and oxygen atoms in total. The molecular weight excluding hydrogens is 2220 g/mol. The highest BCUT2D eigenvalue weighted by molar-refractivity contribution is 9.11. The highest BCUT2D eigenvalue weighted by atomic mass is 79.9. The lowest BCUT2D eigenvalue weighted by Crippen LogP contribution is -2.31. The minimum atomic E-state index is -2.45. The summed E-state index contributed by atoms with van der Waals surface area (Å²) >= 11 is 31.2. The van der Waals surface area contributed by atoms with Crippen LogP contribution in [0.5, 0.6) is 40.2 Å². The summed E-state index contributed by atoms with van der Waals surface area (Å²) in [6.45, 7) is 9.71. The summed E-state index contributed by atoms with van der Waals surface area (Å²) in [7, 11) is 0. The van der Waals surface area contributed by atoms with E-state index in [-0.39, 0.29) is 38.0 Å². The molecule has 0 aliphatic heterocycles. The number of ether oxygens (including phenoxy) is 7. The van der Waals surface area contributed by atoms with E-state index in [1.54, 1.807) is 6.92 Å². The number of carbonyl (C=O) groups is 14. The maximum Gasteiger partial charge on any atom is 0.327 e. The third-order valence-electron chi connectivity index (χ3n) is 12.8. The van der Waals surface area contributed by atoms with Gasteiger partial charge in [0.25, 0.3) is 0 Å². The summed E-state index contributed by atoms with van der Waals surface area (Å²) in [5, 5.41) is 72.4. The van der Waals surface area contributed by atoms with Gasteiger partial charge in [-0.05, 0) is 97.0 Å². The first-order chi connectivity index (χ1) is 56.4. The van der Waals surface area contributed by atoms with Crippen molar-refractivity contribution >= 4 is 218 Å². The van der Waals surface area contributed by atoms with Gasteiger partial charge in [-0.1, -0.05) is 135 Å². The summed E-state index contributed by atoms with van der Waals surface area (Å²) in [6, 6.07) is 10.8. The molecule has 0 saturated heterocycles. The van der Waals surface area contributed by atoms with E-state index in [0.29, 0.717) is 0 Å². The Labute approximate surface area is 744 Å². The average Bonchev–Trinajstić information content (AvgIpc) is 0.789. The molecule has 0 saturated carbocycles. The lowest BCUT2D eigenvalue weighted by atomic mass is 10.1. The second kappa shape index (κ2) is 48.8. The topological polar surface area (TPSA) is 465 Å². The van der Waals surface area contributed by atoms with Gasteiger partial charge >= 0.3 is 41.8 Å². The van der Waals surface area contributed by atoms with Crippen molar-refractivity contribution < 1.29 is 206 Å². The van der Waals surface area contributed by atoms with E-state index in [1.165, 1.54) is 77.9 Å². The number of hydrogen-bond acceptors (Lipinski definition) is 28. The summed E-state index contributed by atoms with van der Waals surface area (Å²) in [5.74, 6) is -58.6. The molecule has 0 N–H and O–H groups in total. The number of carboxylic acid groups (broad SMARTS) is 7. The van der Waals surface area contributed by atoms with Gasteiger partial charge in [-0.15, -0.1) is 0 Å². The van der Waals surface area contributed by atoms with Gasteiger partial charge in [-0.2, -0.15) is 35.1 Å². The predicted molar refractivity (Wildman–Crippen MR) is 393 cm³/mol. The first kappa shape index (κ1) is 111. The van der Waals surface area contributed by atoms with Crippen LogP contribution in [0, 0.1) is 93.1 Å². The van der Waals surface area contributed by atoms with Gasteiger partial charge in [0.15, 0.2) is 58.0 Å². The van der Waals surface area contributed by atoms with E-state index in [0.717, 1.165) is 24.3 Å². The Morgan fingerprint density at radius 2 is 0.561 bits per heavy atom. The number of aromatic carboxylic acids is 7. The Kier molecular flexibility index (Phi) is 44.1. The van der Waals surface area contributed by atoms with E-state index in [1.807, 2.05) is 0 Å². The smallest absolute Gasteiger partial charge is 0.327 e. The molecule has 7 aromatic carbocycles. The molecule has 3 atom stereocenters. The van der Waals surface area contributed by atoms with Crippen LogP contribution in [0.1, 0.15) is 121 Å². The number of alkyl halides is 7. The molecule has 0 amide bonds. The molecule has 7 rings (SSSR count). The van der Waals surface area contributed by atoms with Gasteiger partial charge in [0.05, 0.1) is 68.5 Å². The summed E-state index contributed by atoms with van der Waals surface area (Å²) < 4.78 is 241. The third-order valence-corrected chi connectivity index (χ3v) is 16.1. The number of benzene rings is 7. The first-order valence-electron chi connectivity index (χ1n) is 31.0. The lowest BCUT2D eigenvalue weighted by molar-refractivity contribution is -0.256. The van der Waals surface area contributed by atoms with Crippen LogP contribution in [0.2, 0.25) is 10.0 Å². The quantitative estimate of drug-likeness (QED) is 0.0213. The maximum absolute atomic E-state index is 13.4. The van der Waals surface area contributed by atoms with Gasteiger partial charge in [0.2, 0.25) is 63.8 Å². The number of esters is 7. The Morgan fingerprint density at radius 1 is 0.317 bits per heavy atom. The second-order valence-corrected chi connectivity index (χ2v) is 32.7. The molecule has 0 aliphatic rings. The second-order valence-electron chi connectivity index (χ2n) is 22.7. The lowest BCUT2D eigenvalue weighted by Gasteiger charge is -2.17. The van der Waals surface area contributed by atoms with Crippen LogP contribution in [0.25, 0.3) is 0 Å². The molecule has 0 bridgehead atoms. The number of rotatable bonds is 21. The number of carboxylic acids is 7. The van der Waals surface area contributed by atoms with E-state index in [2.05, 4.69) is 135 Å². The van der Waals surface area contributed by atoms with Crippen molar-refractivity contribution in [3.63, 3.8) is 0 Å². The number of carbonyl (C=O) groups excluding carboxylic acids is 14. The molecule has 53 heteroatoms. The van der Waals surface area contributed by atoms with E-state index >= 15 is 0 Å². The monoisotopic (exact) mass is 2250 g/mol. The van der Waals surface area contributed by atoms with Crippen molar-refractivity contribution in [2.75, 3.05) is 10.7 Å². The molecule has 0 heterocycles. The fourth-order valence-electron chi connectivity index (χ4n) is 6.93. The maximum atomic E-state index is 13.4. The third kappa shape index (κ3) is 31.9. The Morgan fingerprint density at radius 3 is 0.829 bits per heavy atom. The van der Waals surface area contributed by atoms with E-state index in [9.17, 15) is 173 Å². The van der Waals surface area contributed by atoms with Crippen LogP contribution >= 0.6 is 135 Å². The Balaban J connectivity index is 0.000000719. The summed E-state index contributed by atoms with van der Waals surface area (Å²) in [6.07, 6.45) is 0. The molecule has 0 fully saturated rings. The van der Waals surface area contributed by atoms with Crippen molar-refractivity contribution in [3.05, 3.63) is 203 Å². The van der Waals surface area contributed by atoms with E-state index in [4.69, 9.17) is 32.7 Å². The van der Waals surface area contributed by atoms with Crippen LogP contribution in [-0.4, -0.2) is 117 Å². The molecule has 0 aliphatic carbocycles. The van der Waals surface area contributed by atoms with Crippen LogP contribution in [0.15, 0.2) is 60.7 Å². The molecule has 123 heavy (non-hydrogen) atoms. The molecule has 0 spiro atoms. The fraction of sp³-hybridized carbons (Fsp3) is 0.200. The van der Waals surface area contributed by atoms with Crippen molar-refractivity contribution in [2.45, 2.75) is 71.6 Å². The minimum Gasteiger partial charge on any atom is -0.545 e. The molecular formula is C70H38Br7Cl2F16O28-7. The highest BCUT2D eigenvalue weighted by Gasteiger charge is 2.35. The fourth-order valence-corrected chi connectivity index (χ4v) is 8.10. The standard InChI is InChI=1S/C11H7BrF4O4.C11H9BrF2O4.C10H8BrClO4.C10H5BrF4O4.C10H7BrF2O4.C9H6BrClO4.C9H3BrF4O4/c1-11(2,12)10(19)20-8-6(15)4(13)3(9(17)18)5(14)7(8)16;1-11(2,12)10(17)18-6-4-3-5(9(15)16)7(13)8(6)14;1-5(11)10(15)16-6-2-3-7(9(13)14)8(12)4-6;1-2(11)10(18)19-8-6(14)4(12)3(9(16)17)5(13)7(8)15;1-4(11)10(16)17-6-3-2-5(9(14)15)7(12)8(6)13;10-4-8(12)15-5-1-2-6(9(13)14)7(11)3-5;10-1-2(15)18-8-6(13)4(11)3(9(16)17)5(12)7(8)14/h1-2H3,(H,17,18);3-4H,1-2H3,(H,15,16);2-5H,1H3,(H,13,14);2H,1H3,(H,16,17);2-4H,1H3,(H,14,15);1-3H,4H2,(H,13,14);1H2,(H,16,17)/p-7. The van der Waals surface area contributed by atoms with Crippen LogP contribution in [-0.2, 0) is 33.6 Å². The van der Waals surface area contributed by atoms with Crippen molar-refractivity contribution in [2.24, 2.45) is 0 Å². The zero-order chi connectivity index (χ0) is 95.7. The van der Waals surface area contributed by atoms with Crippen LogP contribution in [0.3, 0.4) is 0 Å². The van der Waals surface area contributed by atoms with Gasteiger partial charge in [-0.25, -0.2) is 35.1 Å². The Bertz CT molecular complexity index is 5220.